The number of amides is 1. The highest BCUT2D eigenvalue weighted by atomic mass is 16.2. The van der Waals surface area contributed by atoms with Gasteiger partial charge in [-0.2, -0.15) is 5.10 Å². The maximum absolute atomic E-state index is 12.7. The number of nitrogens with zero attached hydrogens (tertiary/aromatic N) is 4. The van der Waals surface area contributed by atoms with Gasteiger partial charge in [0, 0.05) is 36.8 Å². The fourth-order valence-electron chi connectivity index (χ4n) is 5.20. The van der Waals surface area contributed by atoms with E-state index in [1.165, 1.54) is 6.42 Å². The molecular weight excluding hydrogens is 350 g/mol. The Balaban J connectivity index is 1.35. The van der Waals surface area contributed by atoms with E-state index in [9.17, 15) is 4.79 Å². The monoisotopic (exact) mass is 377 g/mol. The topological polar surface area (TPSA) is 66.8 Å². The number of hydrogen-bond donors (Lipinski definition) is 1. The number of imidazole rings is 1. The predicted molar refractivity (Wildman–Crippen MR) is 109 cm³/mol. The largest absolute Gasteiger partial charge is 0.336 e. The number of rotatable bonds is 5. The van der Waals surface area contributed by atoms with E-state index in [2.05, 4.69) is 56.7 Å². The standard InChI is InChI=1S/C22H27N5O/c1-14(2)7-22(28)27-18-4-6-20(27)16(8-18)12-26-13-23-19-9-15(3-5-21(19)26)17-10-24-25-11-17/h3,5,9-11,13-14,16,18,20H,4,6-8,12H2,1-2H3,(H,24,25). The van der Waals surface area contributed by atoms with E-state index >= 15 is 0 Å². The summed E-state index contributed by atoms with van der Waals surface area (Å²) in [7, 11) is 0. The first-order chi connectivity index (χ1) is 13.6. The molecule has 3 unspecified atom stereocenters. The van der Waals surface area contributed by atoms with Gasteiger partial charge in [0.25, 0.3) is 0 Å². The van der Waals surface area contributed by atoms with Crippen LogP contribution in [0.3, 0.4) is 0 Å². The molecule has 3 aromatic rings. The van der Waals surface area contributed by atoms with Crippen LogP contribution in [-0.4, -0.2) is 42.6 Å². The van der Waals surface area contributed by atoms with Crippen LogP contribution in [0, 0.1) is 11.8 Å². The first kappa shape index (κ1) is 17.5. The molecule has 1 aromatic carbocycles. The Morgan fingerprint density at radius 2 is 2.18 bits per heavy atom. The highest BCUT2D eigenvalue weighted by Gasteiger charge is 2.48. The lowest BCUT2D eigenvalue weighted by atomic mass is 9.89. The van der Waals surface area contributed by atoms with Crippen molar-refractivity contribution >= 4 is 16.9 Å². The van der Waals surface area contributed by atoms with Gasteiger partial charge in [-0.05, 0) is 48.8 Å². The van der Waals surface area contributed by atoms with Crippen molar-refractivity contribution in [1.29, 1.82) is 0 Å². The first-order valence-corrected chi connectivity index (χ1v) is 10.4. The molecule has 1 N–H and O–H groups in total. The number of nitrogens with one attached hydrogen (secondary N) is 1. The smallest absolute Gasteiger partial charge is 0.223 e. The minimum atomic E-state index is 0.352. The maximum Gasteiger partial charge on any atom is 0.223 e. The van der Waals surface area contributed by atoms with Gasteiger partial charge in [-0.1, -0.05) is 19.9 Å². The van der Waals surface area contributed by atoms with E-state index in [1.807, 2.05) is 18.7 Å². The van der Waals surface area contributed by atoms with E-state index in [1.54, 1.807) is 0 Å². The molecular formula is C22H27N5O. The Morgan fingerprint density at radius 3 is 2.96 bits per heavy atom. The lowest BCUT2D eigenvalue weighted by Crippen LogP contribution is -2.37. The molecule has 2 aliphatic rings. The third kappa shape index (κ3) is 2.91. The van der Waals surface area contributed by atoms with Crippen molar-refractivity contribution in [2.75, 3.05) is 0 Å². The van der Waals surface area contributed by atoms with E-state index in [0.29, 0.717) is 36.2 Å². The molecule has 6 heteroatoms. The maximum atomic E-state index is 12.7. The summed E-state index contributed by atoms with van der Waals surface area (Å²) < 4.78 is 2.27. The van der Waals surface area contributed by atoms with Crippen LogP contribution in [0.2, 0.25) is 0 Å². The first-order valence-electron chi connectivity index (χ1n) is 10.4. The van der Waals surface area contributed by atoms with E-state index in [4.69, 9.17) is 0 Å². The van der Waals surface area contributed by atoms with Crippen molar-refractivity contribution < 1.29 is 4.79 Å². The number of benzene rings is 1. The van der Waals surface area contributed by atoms with E-state index in [0.717, 1.165) is 41.5 Å². The van der Waals surface area contributed by atoms with Gasteiger partial charge < -0.3 is 9.47 Å². The zero-order chi connectivity index (χ0) is 19.3. The Morgan fingerprint density at radius 1 is 1.29 bits per heavy atom. The van der Waals surface area contributed by atoms with Crippen LogP contribution in [0.4, 0.5) is 0 Å². The summed E-state index contributed by atoms with van der Waals surface area (Å²) >= 11 is 0. The molecule has 2 aromatic heterocycles. The molecule has 2 aliphatic heterocycles. The number of aromatic nitrogens is 4. The number of aromatic amines is 1. The Hall–Kier alpha value is -2.63. The van der Waals surface area contributed by atoms with Crippen molar-refractivity contribution in [3.05, 3.63) is 36.9 Å². The van der Waals surface area contributed by atoms with Crippen LogP contribution in [-0.2, 0) is 11.3 Å². The molecule has 0 spiro atoms. The summed E-state index contributed by atoms with van der Waals surface area (Å²) in [5, 5.41) is 6.89. The average Bonchev–Trinajstić information content (AvgIpc) is 3.45. The van der Waals surface area contributed by atoms with Gasteiger partial charge in [0.2, 0.25) is 5.91 Å². The summed E-state index contributed by atoms with van der Waals surface area (Å²) in [5.74, 6) is 1.30. The van der Waals surface area contributed by atoms with Gasteiger partial charge in [0.15, 0.2) is 0 Å². The highest BCUT2D eigenvalue weighted by molar-refractivity contribution is 5.82. The summed E-state index contributed by atoms with van der Waals surface area (Å²) in [6.45, 7) is 5.19. The SMILES string of the molecule is CC(C)CC(=O)N1C2CCC1C(Cn1cnc3cc(-c4cn[nH]c4)ccc31)C2. The quantitative estimate of drug-likeness (QED) is 0.734. The molecule has 2 bridgehead atoms. The molecule has 2 saturated heterocycles. The summed E-state index contributed by atoms with van der Waals surface area (Å²) in [6.07, 6.45) is 9.80. The van der Waals surface area contributed by atoms with Gasteiger partial charge in [-0.15, -0.1) is 0 Å². The molecule has 0 saturated carbocycles. The minimum absolute atomic E-state index is 0.352. The van der Waals surface area contributed by atoms with Crippen molar-refractivity contribution in [3.63, 3.8) is 0 Å². The molecule has 146 valence electrons. The number of fused-ring (bicyclic) bond motifs is 3. The molecule has 2 fully saturated rings. The van der Waals surface area contributed by atoms with Crippen LogP contribution in [0.1, 0.15) is 39.5 Å². The predicted octanol–water partition coefficient (Wildman–Crippen LogP) is 3.85. The molecule has 0 aliphatic carbocycles. The Bertz CT molecular complexity index is 990. The van der Waals surface area contributed by atoms with E-state index in [-0.39, 0.29) is 0 Å². The van der Waals surface area contributed by atoms with Crippen LogP contribution < -0.4 is 0 Å². The number of hydrogen-bond acceptors (Lipinski definition) is 3. The molecule has 1 amide bonds. The molecule has 6 nitrogen and oxygen atoms in total. The fourth-order valence-corrected chi connectivity index (χ4v) is 5.20. The molecule has 5 rings (SSSR count). The van der Waals surface area contributed by atoms with Crippen molar-refractivity contribution in [2.24, 2.45) is 11.8 Å². The zero-order valence-electron chi connectivity index (χ0n) is 16.5. The fraction of sp³-hybridized carbons (Fsp3) is 0.500. The van der Waals surface area contributed by atoms with E-state index < -0.39 is 0 Å². The molecule has 3 atom stereocenters. The second-order valence-electron chi connectivity index (χ2n) is 8.78. The van der Waals surface area contributed by atoms with Gasteiger partial charge in [-0.3, -0.25) is 9.89 Å². The van der Waals surface area contributed by atoms with Crippen LogP contribution in [0.25, 0.3) is 22.2 Å². The summed E-state index contributed by atoms with van der Waals surface area (Å²) in [6, 6.07) is 7.25. The van der Waals surface area contributed by atoms with Crippen molar-refractivity contribution in [3.8, 4) is 11.1 Å². The van der Waals surface area contributed by atoms with Crippen molar-refractivity contribution in [1.82, 2.24) is 24.6 Å². The molecule has 0 radical (unpaired) electrons. The van der Waals surface area contributed by atoms with Gasteiger partial charge in [0.1, 0.15) is 0 Å². The average molecular weight is 377 g/mol. The second-order valence-corrected chi connectivity index (χ2v) is 8.78. The zero-order valence-corrected chi connectivity index (χ0v) is 16.5. The number of carbonyl (C=O) groups is 1. The minimum Gasteiger partial charge on any atom is -0.336 e. The van der Waals surface area contributed by atoms with Crippen molar-refractivity contribution in [2.45, 2.75) is 58.2 Å². The summed E-state index contributed by atoms with van der Waals surface area (Å²) in [4.78, 5) is 19.6. The van der Waals surface area contributed by atoms with Crippen LogP contribution >= 0.6 is 0 Å². The molecule has 4 heterocycles. The normalized spacial score (nSPS) is 24.0. The lowest BCUT2D eigenvalue weighted by Gasteiger charge is -2.25. The highest BCUT2D eigenvalue weighted by Crippen LogP contribution is 2.43. The molecule has 28 heavy (non-hydrogen) atoms. The third-order valence-corrected chi connectivity index (χ3v) is 6.42. The number of H-pyrrole nitrogens is 1. The van der Waals surface area contributed by atoms with Crippen LogP contribution in [0.15, 0.2) is 36.9 Å². The number of carbonyl (C=O) groups excluding carboxylic acids is 1. The Labute approximate surface area is 164 Å². The second kappa shape index (κ2) is 6.76. The summed E-state index contributed by atoms with van der Waals surface area (Å²) in [5.41, 5.74) is 4.37. The third-order valence-electron chi connectivity index (χ3n) is 6.42. The lowest BCUT2D eigenvalue weighted by molar-refractivity contribution is -0.133. The van der Waals surface area contributed by atoms with Gasteiger partial charge in [0.05, 0.1) is 23.6 Å². The van der Waals surface area contributed by atoms with Gasteiger partial charge in [-0.25, -0.2) is 4.98 Å². The van der Waals surface area contributed by atoms with Gasteiger partial charge >= 0.3 is 0 Å². The van der Waals surface area contributed by atoms with Crippen LogP contribution in [0.5, 0.6) is 0 Å². The Kier molecular flexibility index (Phi) is 4.22.